The predicted molar refractivity (Wildman–Crippen MR) is 126 cm³/mol. The lowest BCUT2D eigenvalue weighted by atomic mass is 9.97. The van der Waals surface area contributed by atoms with Crippen molar-refractivity contribution in [3.63, 3.8) is 0 Å². The second-order valence-corrected chi connectivity index (χ2v) is 8.68. The molecule has 1 amide bonds. The Hall–Kier alpha value is -1.91. The summed E-state index contributed by atoms with van der Waals surface area (Å²) in [5.41, 5.74) is 5.13. The molecule has 0 saturated carbocycles. The van der Waals surface area contributed by atoms with E-state index in [1.165, 1.54) is 56.9 Å². The molecule has 0 bridgehead atoms. The molecule has 1 aliphatic rings. The summed E-state index contributed by atoms with van der Waals surface area (Å²) in [5.74, 6) is 0.0309. The number of anilines is 1. The first-order chi connectivity index (χ1) is 14.7. The van der Waals surface area contributed by atoms with Gasteiger partial charge in [-0.1, -0.05) is 63.5 Å². The van der Waals surface area contributed by atoms with Gasteiger partial charge in [-0.05, 0) is 54.3 Å². The number of nitrogens with one attached hydrogen (secondary N) is 2. The van der Waals surface area contributed by atoms with Crippen molar-refractivity contribution in [2.75, 3.05) is 11.9 Å². The highest BCUT2D eigenvalue weighted by Gasteiger charge is 2.18. The zero-order valence-corrected chi connectivity index (χ0v) is 18.9. The molecule has 0 fully saturated rings. The highest BCUT2D eigenvalue weighted by Crippen LogP contribution is 2.35. The van der Waals surface area contributed by atoms with E-state index in [-0.39, 0.29) is 5.91 Å². The number of pyridine rings is 1. The van der Waals surface area contributed by atoms with Crippen molar-refractivity contribution in [2.45, 2.75) is 77.7 Å². The highest BCUT2D eigenvalue weighted by molar-refractivity contribution is 6.34. The molecule has 0 atom stereocenters. The molecule has 1 aliphatic heterocycles. The summed E-state index contributed by atoms with van der Waals surface area (Å²) >= 11 is 6.43. The van der Waals surface area contributed by atoms with Crippen LogP contribution in [0.4, 0.5) is 5.69 Å². The highest BCUT2D eigenvalue weighted by atomic mass is 35.5. The van der Waals surface area contributed by atoms with Gasteiger partial charge in [-0.3, -0.25) is 9.78 Å². The zero-order valence-electron chi connectivity index (χ0n) is 18.1. The molecule has 5 heteroatoms. The molecule has 1 aromatic heterocycles. The molecule has 0 saturated heterocycles. The van der Waals surface area contributed by atoms with Gasteiger partial charge in [0.05, 0.1) is 10.7 Å². The summed E-state index contributed by atoms with van der Waals surface area (Å²) < 4.78 is 0. The van der Waals surface area contributed by atoms with Crippen LogP contribution in [0.25, 0.3) is 11.1 Å². The monoisotopic (exact) mass is 427 g/mol. The minimum Gasteiger partial charge on any atom is -0.325 e. The molecule has 3 rings (SSSR count). The number of halogens is 1. The number of amides is 1. The minimum absolute atomic E-state index is 0.0309. The van der Waals surface area contributed by atoms with Crippen molar-refractivity contribution in [1.82, 2.24) is 10.3 Å². The van der Waals surface area contributed by atoms with Crippen LogP contribution in [-0.2, 0) is 17.8 Å². The first-order valence-electron chi connectivity index (χ1n) is 11.4. The smallest absolute Gasteiger partial charge is 0.224 e. The van der Waals surface area contributed by atoms with Crippen LogP contribution in [0.2, 0.25) is 5.02 Å². The summed E-state index contributed by atoms with van der Waals surface area (Å²) in [4.78, 5) is 16.1. The number of benzene rings is 1. The van der Waals surface area contributed by atoms with Gasteiger partial charge in [-0.15, -0.1) is 0 Å². The van der Waals surface area contributed by atoms with E-state index in [4.69, 9.17) is 11.6 Å². The minimum atomic E-state index is 0.0309. The van der Waals surface area contributed by atoms with Crippen molar-refractivity contribution in [3.05, 3.63) is 46.7 Å². The van der Waals surface area contributed by atoms with E-state index in [2.05, 4.69) is 34.7 Å². The summed E-state index contributed by atoms with van der Waals surface area (Å²) in [6, 6.07) is 6.21. The number of carbonyl (C=O) groups is 1. The lowest BCUT2D eigenvalue weighted by Gasteiger charge is -2.19. The van der Waals surface area contributed by atoms with Gasteiger partial charge >= 0.3 is 0 Å². The number of aryl methyl sites for hydroxylation is 1. The summed E-state index contributed by atoms with van der Waals surface area (Å²) in [7, 11) is 0. The van der Waals surface area contributed by atoms with Gasteiger partial charge in [0, 0.05) is 30.9 Å². The van der Waals surface area contributed by atoms with Gasteiger partial charge in [0.25, 0.3) is 0 Å². The van der Waals surface area contributed by atoms with E-state index in [0.717, 1.165) is 41.9 Å². The number of rotatable bonds is 12. The van der Waals surface area contributed by atoms with E-state index >= 15 is 0 Å². The Morgan fingerprint density at radius 1 is 0.967 bits per heavy atom. The van der Waals surface area contributed by atoms with Gasteiger partial charge in [-0.25, -0.2) is 0 Å². The largest absolute Gasteiger partial charge is 0.325 e. The SMILES string of the molecule is CCCCCCCCCCNCc1cncc(-c2cc(Cl)c3c(c2)CCC(=O)N3)c1. The first-order valence-corrected chi connectivity index (χ1v) is 11.8. The van der Waals surface area contributed by atoms with Crippen LogP contribution in [0.15, 0.2) is 30.6 Å². The van der Waals surface area contributed by atoms with Crippen LogP contribution in [0.1, 0.15) is 75.8 Å². The number of carbonyl (C=O) groups excluding carboxylic acids is 1. The number of nitrogens with zero attached hydrogens (tertiary/aromatic N) is 1. The Balaban J connectivity index is 1.46. The third-order valence-electron chi connectivity index (χ3n) is 5.72. The summed E-state index contributed by atoms with van der Waals surface area (Å²) in [5, 5.41) is 7.02. The topological polar surface area (TPSA) is 54.0 Å². The van der Waals surface area contributed by atoms with Crippen LogP contribution in [0.5, 0.6) is 0 Å². The molecule has 30 heavy (non-hydrogen) atoms. The zero-order chi connectivity index (χ0) is 21.2. The van der Waals surface area contributed by atoms with Crippen LogP contribution < -0.4 is 10.6 Å². The third kappa shape index (κ3) is 6.82. The quantitative estimate of drug-likeness (QED) is 0.379. The van der Waals surface area contributed by atoms with Crippen molar-refractivity contribution >= 4 is 23.2 Å². The Bertz CT molecular complexity index is 837. The first kappa shape index (κ1) is 22.8. The van der Waals surface area contributed by atoms with Crippen LogP contribution in [0.3, 0.4) is 0 Å². The standard InChI is InChI=1S/C25H34ClN3O/c1-2-3-4-5-6-7-8-9-12-27-16-19-13-22(18-28-17-19)21-14-20-10-11-24(30)29-25(20)23(26)15-21/h13-15,17-18,27H,2-12,16H2,1H3,(H,29,30). The fourth-order valence-corrected chi connectivity index (χ4v) is 4.26. The Labute approximate surface area is 185 Å². The predicted octanol–water partition coefficient (Wildman–Crippen LogP) is 6.52. The number of unbranched alkanes of at least 4 members (excludes halogenated alkanes) is 7. The van der Waals surface area contributed by atoms with Crippen molar-refractivity contribution in [3.8, 4) is 11.1 Å². The molecule has 4 nitrogen and oxygen atoms in total. The van der Waals surface area contributed by atoms with E-state index in [1.54, 1.807) is 0 Å². The van der Waals surface area contributed by atoms with Crippen LogP contribution >= 0.6 is 11.6 Å². The average molecular weight is 428 g/mol. The molecular formula is C25H34ClN3O. The van der Waals surface area contributed by atoms with Crippen molar-refractivity contribution < 1.29 is 4.79 Å². The molecule has 2 aromatic rings. The van der Waals surface area contributed by atoms with Gasteiger partial charge in [0.15, 0.2) is 0 Å². The molecule has 0 radical (unpaired) electrons. The van der Waals surface area contributed by atoms with Gasteiger partial charge < -0.3 is 10.6 Å². The number of fused-ring (bicyclic) bond motifs is 1. The van der Waals surface area contributed by atoms with Crippen LogP contribution in [-0.4, -0.2) is 17.4 Å². The molecule has 162 valence electrons. The van der Waals surface area contributed by atoms with E-state index in [1.807, 2.05) is 18.5 Å². The van der Waals surface area contributed by atoms with Crippen molar-refractivity contribution in [2.24, 2.45) is 0 Å². The second-order valence-electron chi connectivity index (χ2n) is 8.27. The fraction of sp³-hybridized carbons (Fsp3) is 0.520. The molecule has 0 unspecified atom stereocenters. The molecule has 0 spiro atoms. The van der Waals surface area contributed by atoms with Crippen molar-refractivity contribution in [1.29, 1.82) is 0 Å². The molecule has 2 N–H and O–H groups in total. The Kier molecular flexibility index (Phi) is 9.16. The van der Waals surface area contributed by atoms with E-state index < -0.39 is 0 Å². The lowest BCUT2D eigenvalue weighted by molar-refractivity contribution is -0.116. The maximum absolute atomic E-state index is 11.6. The molecular weight excluding hydrogens is 394 g/mol. The molecule has 2 heterocycles. The van der Waals surface area contributed by atoms with Gasteiger partial charge in [0.2, 0.25) is 5.91 Å². The normalized spacial score (nSPS) is 13.2. The molecule has 1 aromatic carbocycles. The van der Waals surface area contributed by atoms with Gasteiger partial charge in [0.1, 0.15) is 0 Å². The maximum Gasteiger partial charge on any atom is 0.224 e. The third-order valence-corrected chi connectivity index (χ3v) is 6.02. The van der Waals surface area contributed by atoms with E-state index in [0.29, 0.717) is 11.4 Å². The van der Waals surface area contributed by atoms with Crippen LogP contribution in [0, 0.1) is 0 Å². The average Bonchev–Trinajstić information content (AvgIpc) is 2.75. The fourth-order valence-electron chi connectivity index (χ4n) is 3.98. The number of hydrogen-bond donors (Lipinski definition) is 2. The van der Waals surface area contributed by atoms with Gasteiger partial charge in [-0.2, -0.15) is 0 Å². The number of hydrogen-bond acceptors (Lipinski definition) is 3. The maximum atomic E-state index is 11.6. The summed E-state index contributed by atoms with van der Waals surface area (Å²) in [6.45, 7) is 4.13. The second kappa shape index (κ2) is 12.1. The Morgan fingerprint density at radius 2 is 1.73 bits per heavy atom. The molecule has 0 aliphatic carbocycles. The summed E-state index contributed by atoms with van der Waals surface area (Å²) in [6.07, 6.45) is 15.8. The number of aromatic nitrogens is 1. The van der Waals surface area contributed by atoms with E-state index in [9.17, 15) is 4.79 Å². The lowest BCUT2D eigenvalue weighted by Crippen LogP contribution is -2.19. The Morgan fingerprint density at radius 3 is 2.53 bits per heavy atom.